The fourth-order valence-corrected chi connectivity index (χ4v) is 4.44. The fraction of sp³-hybridized carbons (Fsp3) is 0.333. The minimum Gasteiger partial charge on any atom is -0.336 e. The quantitative estimate of drug-likeness (QED) is 0.512. The molecular weight excluding hydrogens is 402 g/mol. The average molecular weight is 430 g/mol. The van der Waals surface area contributed by atoms with Crippen LogP contribution >= 0.6 is 0 Å². The second-order valence-electron chi connectivity index (χ2n) is 7.26. The molecule has 0 atom stereocenters. The Kier molecular flexibility index (Phi) is 6.73. The zero-order chi connectivity index (χ0) is 21.7. The molecule has 3 rings (SSSR count). The van der Waals surface area contributed by atoms with E-state index in [1.165, 1.54) is 0 Å². The van der Waals surface area contributed by atoms with Gasteiger partial charge in [0.2, 0.25) is 10.0 Å². The van der Waals surface area contributed by atoms with Crippen LogP contribution in [0.5, 0.6) is 0 Å². The molecule has 0 aliphatic carbocycles. The molecule has 1 heterocycles. The highest BCUT2D eigenvalue weighted by Crippen LogP contribution is 2.19. The summed E-state index contributed by atoms with van der Waals surface area (Å²) in [7, 11) is -3.57. The van der Waals surface area contributed by atoms with E-state index in [9.17, 15) is 13.2 Å². The molecule has 2 aromatic carbocycles. The van der Waals surface area contributed by atoms with Gasteiger partial charge >= 0.3 is 6.03 Å². The highest BCUT2D eigenvalue weighted by molar-refractivity contribution is 7.89. The molecule has 160 valence electrons. The standard InChI is InChI=1S/C21H27N5O3S/c1-4-16-7-5-6-8-18(16)24-21(27)22-11-12-26-14-23-19-13-17(9-10-20(19)26)30(28,29)25-15(2)3/h5-10,13-15,25H,4,11-12H2,1-3H3,(H2,22,24,27). The molecular formula is C21H27N5O3S. The molecule has 0 unspecified atom stereocenters. The summed E-state index contributed by atoms with van der Waals surface area (Å²) in [6.45, 7) is 6.50. The van der Waals surface area contributed by atoms with Crippen molar-refractivity contribution in [3.8, 4) is 0 Å². The number of rotatable bonds is 8. The summed E-state index contributed by atoms with van der Waals surface area (Å²) in [5.74, 6) is 0. The van der Waals surface area contributed by atoms with E-state index in [0.29, 0.717) is 18.6 Å². The Morgan fingerprint density at radius 1 is 1.17 bits per heavy atom. The highest BCUT2D eigenvalue weighted by Gasteiger charge is 2.17. The van der Waals surface area contributed by atoms with Crippen molar-refractivity contribution in [2.75, 3.05) is 11.9 Å². The number of hydrogen-bond acceptors (Lipinski definition) is 4. The lowest BCUT2D eigenvalue weighted by Gasteiger charge is -2.12. The monoisotopic (exact) mass is 429 g/mol. The number of amides is 2. The van der Waals surface area contributed by atoms with Crippen LogP contribution in [-0.4, -0.2) is 36.6 Å². The van der Waals surface area contributed by atoms with E-state index in [1.54, 1.807) is 38.4 Å². The van der Waals surface area contributed by atoms with Crippen LogP contribution in [0.15, 0.2) is 53.7 Å². The molecule has 0 spiro atoms. The van der Waals surface area contributed by atoms with Gasteiger partial charge in [0.05, 0.1) is 22.3 Å². The maximum Gasteiger partial charge on any atom is 0.319 e. The van der Waals surface area contributed by atoms with Gasteiger partial charge in [-0.3, -0.25) is 0 Å². The Hall–Kier alpha value is -2.91. The van der Waals surface area contributed by atoms with Gasteiger partial charge in [-0.25, -0.2) is 22.9 Å². The van der Waals surface area contributed by atoms with Crippen LogP contribution in [0.3, 0.4) is 0 Å². The average Bonchev–Trinajstić information content (AvgIpc) is 3.10. The summed E-state index contributed by atoms with van der Waals surface area (Å²) in [5, 5.41) is 5.71. The van der Waals surface area contributed by atoms with Crippen LogP contribution in [0.4, 0.5) is 10.5 Å². The van der Waals surface area contributed by atoms with Gasteiger partial charge < -0.3 is 15.2 Å². The van der Waals surface area contributed by atoms with Crippen molar-refractivity contribution in [1.29, 1.82) is 0 Å². The van der Waals surface area contributed by atoms with Gasteiger partial charge in [-0.2, -0.15) is 0 Å². The Morgan fingerprint density at radius 2 is 1.93 bits per heavy atom. The molecule has 0 aliphatic heterocycles. The molecule has 2 amide bonds. The number of anilines is 1. The fourth-order valence-electron chi connectivity index (χ4n) is 3.17. The number of hydrogen-bond donors (Lipinski definition) is 3. The molecule has 9 heteroatoms. The zero-order valence-corrected chi connectivity index (χ0v) is 18.2. The second kappa shape index (κ2) is 9.27. The number of nitrogens with zero attached hydrogens (tertiary/aromatic N) is 2. The van der Waals surface area contributed by atoms with Crippen molar-refractivity contribution in [1.82, 2.24) is 19.6 Å². The normalized spacial score (nSPS) is 11.7. The van der Waals surface area contributed by atoms with Crippen LogP contribution in [0, 0.1) is 0 Å². The molecule has 0 saturated carbocycles. The van der Waals surface area contributed by atoms with Crippen molar-refractivity contribution in [2.45, 2.75) is 44.7 Å². The van der Waals surface area contributed by atoms with Crippen molar-refractivity contribution in [3.63, 3.8) is 0 Å². The topological polar surface area (TPSA) is 105 Å². The number of aryl methyl sites for hydroxylation is 1. The Morgan fingerprint density at radius 3 is 2.67 bits per heavy atom. The summed E-state index contributed by atoms with van der Waals surface area (Å²) in [6.07, 6.45) is 2.48. The van der Waals surface area contributed by atoms with Gasteiger partial charge in [0.1, 0.15) is 0 Å². The van der Waals surface area contributed by atoms with Gasteiger partial charge in [0.15, 0.2) is 0 Å². The third-order valence-electron chi connectivity index (χ3n) is 4.58. The number of para-hydroxylation sites is 1. The highest BCUT2D eigenvalue weighted by atomic mass is 32.2. The van der Waals surface area contributed by atoms with E-state index < -0.39 is 10.0 Å². The minimum atomic E-state index is -3.57. The molecule has 8 nitrogen and oxygen atoms in total. The zero-order valence-electron chi connectivity index (χ0n) is 17.3. The number of nitrogens with one attached hydrogen (secondary N) is 3. The summed E-state index contributed by atoms with van der Waals surface area (Å²) in [6, 6.07) is 12.1. The molecule has 0 aliphatic rings. The molecule has 0 saturated heterocycles. The van der Waals surface area contributed by atoms with Crippen LogP contribution in [0.2, 0.25) is 0 Å². The van der Waals surface area contributed by atoms with Gasteiger partial charge in [-0.05, 0) is 50.1 Å². The maximum atomic E-state index is 12.3. The largest absolute Gasteiger partial charge is 0.336 e. The number of aromatic nitrogens is 2. The number of benzene rings is 2. The molecule has 0 bridgehead atoms. The number of carbonyl (C=O) groups is 1. The number of imidazole rings is 1. The van der Waals surface area contributed by atoms with Crippen LogP contribution in [0.1, 0.15) is 26.3 Å². The number of carbonyl (C=O) groups excluding carboxylic acids is 1. The minimum absolute atomic E-state index is 0.182. The molecule has 0 fully saturated rings. The third kappa shape index (κ3) is 5.17. The van der Waals surface area contributed by atoms with Crippen molar-refractivity contribution in [3.05, 3.63) is 54.4 Å². The van der Waals surface area contributed by atoms with Crippen molar-refractivity contribution in [2.24, 2.45) is 0 Å². The predicted molar refractivity (Wildman–Crippen MR) is 118 cm³/mol. The predicted octanol–water partition coefficient (Wildman–Crippen LogP) is 3.11. The number of fused-ring (bicyclic) bond motifs is 1. The van der Waals surface area contributed by atoms with E-state index in [0.717, 1.165) is 23.2 Å². The molecule has 3 aromatic rings. The van der Waals surface area contributed by atoms with Crippen LogP contribution < -0.4 is 15.4 Å². The Bertz CT molecular complexity index is 1140. The summed E-state index contributed by atoms with van der Waals surface area (Å²) < 4.78 is 29.1. The maximum absolute atomic E-state index is 12.3. The van der Waals surface area contributed by atoms with E-state index in [-0.39, 0.29) is 17.0 Å². The number of urea groups is 1. The van der Waals surface area contributed by atoms with E-state index in [2.05, 4.69) is 20.3 Å². The smallest absolute Gasteiger partial charge is 0.319 e. The Labute approximate surface area is 176 Å². The van der Waals surface area contributed by atoms with E-state index >= 15 is 0 Å². The molecule has 3 N–H and O–H groups in total. The lowest BCUT2D eigenvalue weighted by Crippen LogP contribution is -2.31. The van der Waals surface area contributed by atoms with Gasteiger partial charge in [-0.1, -0.05) is 25.1 Å². The lowest BCUT2D eigenvalue weighted by atomic mass is 10.1. The first kappa shape index (κ1) is 21.8. The second-order valence-corrected chi connectivity index (χ2v) is 8.97. The SMILES string of the molecule is CCc1ccccc1NC(=O)NCCn1cnc2cc(S(=O)(=O)NC(C)C)ccc21. The summed E-state index contributed by atoms with van der Waals surface area (Å²) in [5.41, 5.74) is 3.26. The van der Waals surface area contributed by atoms with Crippen LogP contribution in [0.25, 0.3) is 11.0 Å². The Balaban J connectivity index is 1.62. The lowest BCUT2D eigenvalue weighted by molar-refractivity contribution is 0.251. The number of sulfonamides is 1. The molecule has 1 aromatic heterocycles. The first-order chi connectivity index (χ1) is 14.3. The summed E-state index contributed by atoms with van der Waals surface area (Å²) >= 11 is 0. The molecule has 30 heavy (non-hydrogen) atoms. The summed E-state index contributed by atoms with van der Waals surface area (Å²) in [4.78, 5) is 16.7. The van der Waals surface area contributed by atoms with Crippen molar-refractivity contribution >= 4 is 32.8 Å². The van der Waals surface area contributed by atoms with Gasteiger partial charge in [-0.15, -0.1) is 0 Å². The van der Waals surface area contributed by atoms with E-state index in [1.807, 2.05) is 35.8 Å². The van der Waals surface area contributed by atoms with Crippen LogP contribution in [-0.2, 0) is 23.0 Å². The third-order valence-corrected chi connectivity index (χ3v) is 6.23. The molecule has 0 radical (unpaired) electrons. The first-order valence-electron chi connectivity index (χ1n) is 9.90. The van der Waals surface area contributed by atoms with E-state index in [4.69, 9.17) is 0 Å². The van der Waals surface area contributed by atoms with Crippen molar-refractivity contribution < 1.29 is 13.2 Å². The first-order valence-corrected chi connectivity index (χ1v) is 11.4. The van der Waals surface area contributed by atoms with Gasteiger partial charge in [0, 0.05) is 24.8 Å². The van der Waals surface area contributed by atoms with Gasteiger partial charge in [0.25, 0.3) is 0 Å².